The third kappa shape index (κ3) is 4.32. The van der Waals surface area contributed by atoms with Gasteiger partial charge in [-0.2, -0.15) is 0 Å². The van der Waals surface area contributed by atoms with E-state index in [9.17, 15) is 0 Å². The molecule has 0 radical (unpaired) electrons. The molecular weight excluding hydrogens is 488 g/mol. The van der Waals surface area contributed by atoms with Gasteiger partial charge in [-0.05, 0) is 73.1 Å². The highest BCUT2D eigenvalue weighted by molar-refractivity contribution is 9.10. The molecule has 6 aromatic carbocycles. The zero-order chi connectivity index (χ0) is 24.2. The minimum atomic E-state index is 1.09. The van der Waals surface area contributed by atoms with Crippen LogP contribution in [0.5, 0.6) is 0 Å². The zero-order valence-corrected chi connectivity index (χ0v) is 21.0. The molecule has 0 amide bonds. The number of rotatable bonds is 3. The Bertz CT molecular complexity index is 1600. The van der Waals surface area contributed by atoms with Gasteiger partial charge in [0.25, 0.3) is 0 Å². The summed E-state index contributed by atoms with van der Waals surface area (Å²) in [5.74, 6) is 0. The van der Waals surface area contributed by atoms with Gasteiger partial charge < -0.3 is 0 Å². The second-order valence-electron chi connectivity index (χ2n) is 8.29. The van der Waals surface area contributed by atoms with Crippen LogP contribution in [-0.2, 0) is 0 Å². The van der Waals surface area contributed by atoms with Gasteiger partial charge in [0, 0.05) is 4.47 Å². The highest BCUT2D eigenvalue weighted by Gasteiger charge is 2.17. The molecule has 0 aliphatic heterocycles. The smallest absolute Gasteiger partial charge is 0.0175 e. The molecule has 0 unspecified atom stereocenters. The molecule has 0 N–H and O–H groups in total. The highest BCUT2D eigenvalue weighted by atomic mass is 79.9. The van der Waals surface area contributed by atoms with Gasteiger partial charge >= 0.3 is 0 Å². The van der Waals surface area contributed by atoms with Gasteiger partial charge in [-0.1, -0.05) is 125 Å². The van der Waals surface area contributed by atoms with Crippen molar-refractivity contribution in [3.05, 3.63) is 145 Å². The summed E-state index contributed by atoms with van der Waals surface area (Å²) in [4.78, 5) is 0. The highest BCUT2D eigenvalue weighted by Crippen LogP contribution is 2.44. The fourth-order valence-electron chi connectivity index (χ4n) is 4.83. The summed E-state index contributed by atoms with van der Waals surface area (Å²) in [6.45, 7) is 6.00. The Morgan fingerprint density at radius 3 is 1.34 bits per heavy atom. The Balaban J connectivity index is 0.00000124. The molecule has 0 saturated carbocycles. The SMILES string of the molecule is Brc1ccc(-c2ccc3c(-c4ccccc4)c4ccccc4c(-c4ccccc4)c3c2)cc1.C=C. The van der Waals surface area contributed by atoms with E-state index < -0.39 is 0 Å². The lowest BCUT2D eigenvalue weighted by molar-refractivity contribution is 1.61. The van der Waals surface area contributed by atoms with Gasteiger partial charge in [-0.3, -0.25) is 0 Å². The quantitative estimate of drug-likeness (QED) is 0.163. The van der Waals surface area contributed by atoms with E-state index in [1.807, 2.05) is 0 Å². The summed E-state index contributed by atoms with van der Waals surface area (Å²) < 4.78 is 1.09. The van der Waals surface area contributed by atoms with Crippen LogP contribution in [0, 0.1) is 0 Å². The van der Waals surface area contributed by atoms with Gasteiger partial charge in [-0.25, -0.2) is 0 Å². The predicted octanol–water partition coefficient (Wildman–Crippen LogP) is 10.6. The van der Waals surface area contributed by atoms with Crippen LogP contribution in [0.25, 0.3) is 54.9 Å². The first-order valence-corrected chi connectivity index (χ1v) is 12.4. The molecule has 35 heavy (non-hydrogen) atoms. The van der Waals surface area contributed by atoms with Crippen LogP contribution in [0.15, 0.2) is 145 Å². The van der Waals surface area contributed by atoms with Crippen molar-refractivity contribution >= 4 is 37.5 Å². The third-order valence-corrected chi connectivity index (χ3v) is 6.86. The second kappa shape index (κ2) is 10.1. The first-order chi connectivity index (χ1) is 17.3. The van der Waals surface area contributed by atoms with E-state index >= 15 is 0 Å². The monoisotopic (exact) mass is 512 g/mol. The van der Waals surface area contributed by atoms with Gasteiger partial charge in [0.05, 0.1) is 0 Å². The van der Waals surface area contributed by atoms with Gasteiger partial charge in [0.15, 0.2) is 0 Å². The molecule has 0 saturated heterocycles. The van der Waals surface area contributed by atoms with E-state index in [4.69, 9.17) is 0 Å². The minimum Gasteiger partial charge on any atom is -0.106 e. The van der Waals surface area contributed by atoms with E-state index in [0.29, 0.717) is 0 Å². The van der Waals surface area contributed by atoms with Crippen molar-refractivity contribution in [2.75, 3.05) is 0 Å². The number of hydrogen-bond donors (Lipinski definition) is 0. The van der Waals surface area contributed by atoms with Crippen LogP contribution >= 0.6 is 15.9 Å². The van der Waals surface area contributed by atoms with E-state index in [2.05, 4.69) is 156 Å². The summed E-state index contributed by atoms with van der Waals surface area (Å²) in [6.07, 6.45) is 0. The van der Waals surface area contributed by atoms with Crippen LogP contribution in [0.1, 0.15) is 0 Å². The zero-order valence-electron chi connectivity index (χ0n) is 19.4. The van der Waals surface area contributed by atoms with Gasteiger partial charge in [-0.15, -0.1) is 13.2 Å². The number of fused-ring (bicyclic) bond motifs is 2. The average molecular weight is 513 g/mol. The van der Waals surface area contributed by atoms with Gasteiger partial charge in [0.2, 0.25) is 0 Å². The molecule has 1 heteroatoms. The second-order valence-corrected chi connectivity index (χ2v) is 9.21. The topological polar surface area (TPSA) is 0 Å². The maximum Gasteiger partial charge on any atom is 0.0175 e. The average Bonchev–Trinajstić information content (AvgIpc) is 2.94. The summed E-state index contributed by atoms with van der Waals surface area (Å²) in [7, 11) is 0. The number of hydrogen-bond acceptors (Lipinski definition) is 0. The molecule has 168 valence electrons. The normalized spacial score (nSPS) is 10.7. The molecule has 0 atom stereocenters. The van der Waals surface area contributed by atoms with Crippen LogP contribution in [0.2, 0.25) is 0 Å². The van der Waals surface area contributed by atoms with Crippen molar-refractivity contribution in [2.45, 2.75) is 0 Å². The maximum atomic E-state index is 3.56. The minimum absolute atomic E-state index is 1.09. The lowest BCUT2D eigenvalue weighted by atomic mass is 9.85. The van der Waals surface area contributed by atoms with Crippen molar-refractivity contribution in [2.24, 2.45) is 0 Å². The predicted molar refractivity (Wildman–Crippen MR) is 157 cm³/mol. The van der Waals surface area contributed by atoms with Crippen LogP contribution in [0.4, 0.5) is 0 Å². The lowest BCUT2D eigenvalue weighted by Gasteiger charge is -2.18. The molecule has 0 aliphatic carbocycles. The van der Waals surface area contributed by atoms with E-state index in [-0.39, 0.29) is 0 Å². The first-order valence-electron chi connectivity index (χ1n) is 11.6. The van der Waals surface area contributed by atoms with Crippen molar-refractivity contribution < 1.29 is 0 Å². The maximum absolute atomic E-state index is 3.56. The molecule has 0 aliphatic rings. The molecule has 6 aromatic rings. The lowest BCUT2D eigenvalue weighted by Crippen LogP contribution is -1.91. The standard InChI is InChI=1S/C32H21Br.C2H4/c33-26-18-15-22(16-19-26)25-17-20-29-30(21-25)32(24-11-5-2-6-12-24)28-14-8-7-13-27(28)31(29)23-9-3-1-4-10-23;1-2/h1-21H;1-2H2. The van der Waals surface area contributed by atoms with Crippen LogP contribution in [0.3, 0.4) is 0 Å². The van der Waals surface area contributed by atoms with Crippen molar-refractivity contribution in [1.29, 1.82) is 0 Å². The Hall–Kier alpha value is -3.94. The number of halogens is 1. The first kappa shape index (κ1) is 22.8. The van der Waals surface area contributed by atoms with Crippen LogP contribution < -0.4 is 0 Å². The fourth-order valence-corrected chi connectivity index (χ4v) is 5.10. The van der Waals surface area contributed by atoms with E-state index in [1.54, 1.807) is 0 Å². The summed E-state index contributed by atoms with van der Waals surface area (Å²) in [5.41, 5.74) is 7.51. The Kier molecular flexibility index (Phi) is 6.61. The molecule has 0 fully saturated rings. The Morgan fingerprint density at radius 2 is 0.800 bits per heavy atom. The van der Waals surface area contributed by atoms with Gasteiger partial charge in [0.1, 0.15) is 0 Å². The van der Waals surface area contributed by atoms with Crippen molar-refractivity contribution in [3.8, 4) is 33.4 Å². The largest absolute Gasteiger partial charge is 0.106 e. The fraction of sp³-hybridized carbons (Fsp3) is 0. The molecular formula is C34H25Br. The van der Waals surface area contributed by atoms with Crippen molar-refractivity contribution in [3.63, 3.8) is 0 Å². The van der Waals surface area contributed by atoms with E-state index in [1.165, 1.54) is 54.9 Å². The summed E-state index contributed by atoms with van der Waals surface area (Å²) in [6, 6.07) is 45.8. The molecule has 0 heterocycles. The molecule has 0 bridgehead atoms. The van der Waals surface area contributed by atoms with Crippen LogP contribution in [-0.4, -0.2) is 0 Å². The van der Waals surface area contributed by atoms with Crippen molar-refractivity contribution in [1.82, 2.24) is 0 Å². The Labute approximate surface area is 215 Å². The Morgan fingerprint density at radius 1 is 0.371 bits per heavy atom. The summed E-state index contributed by atoms with van der Waals surface area (Å²) in [5, 5.41) is 5.12. The molecule has 0 aromatic heterocycles. The molecule has 0 nitrogen and oxygen atoms in total. The third-order valence-electron chi connectivity index (χ3n) is 6.33. The van der Waals surface area contributed by atoms with E-state index in [0.717, 1.165) is 4.47 Å². The number of benzene rings is 6. The molecule has 0 spiro atoms. The molecule has 6 rings (SSSR count). The summed E-state index contributed by atoms with van der Waals surface area (Å²) >= 11 is 3.56.